The van der Waals surface area contributed by atoms with Crippen molar-refractivity contribution in [3.8, 4) is 5.75 Å². The maximum atomic E-state index is 5.13. The highest BCUT2D eigenvalue weighted by Crippen LogP contribution is 2.13. The van der Waals surface area contributed by atoms with Crippen molar-refractivity contribution in [1.82, 2.24) is 4.57 Å². The summed E-state index contributed by atoms with van der Waals surface area (Å²) in [5.41, 5.74) is 4.87. The van der Waals surface area contributed by atoms with Gasteiger partial charge in [0.25, 0.3) is 0 Å². The third-order valence-electron chi connectivity index (χ3n) is 3.48. The van der Waals surface area contributed by atoms with Crippen LogP contribution in [0.1, 0.15) is 22.5 Å². The zero-order chi connectivity index (χ0) is 13.8. The standard InChI is InChI=1S/C16H20N2O/c1-12-9-15(13(2)18(12)3)11-17-10-14-5-7-16(19-4)8-6-14/h5-9,11H,10H2,1-4H3. The van der Waals surface area contributed by atoms with Crippen LogP contribution in [-0.2, 0) is 13.6 Å². The number of hydrogen-bond acceptors (Lipinski definition) is 2. The SMILES string of the molecule is COc1ccc(CN=Cc2cc(C)n(C)c2C)cc1. The van der Waals surface area contributed by atoms with Crippen molar-refractivity contribution < 1.29 is 4.74 Å². The maximum absolute atomic E-state index is 5.13. The number of methoxy groups -OCH3 is 1. The molecule has 2 rings (SSSR count). The number of hydrogen-bond donors (Lipinski definition) is 0. The van der Waals surface area contributed by atoms with Gasteiger partial charge in [-0.25, -0.2) is 0 Å². The summed E-state index contributed by atoms with van der Waals surface area (Å²) in [5, 5.41) is 0. The smallest absolute Gasteiger partial charge is 0.118 e. The molecule has 0 unspecified atom stereocenters. The Morgan fingerprint density at radius 2 is 1.89 bits per heavy atom. The molecule has 0 saturated heterocycles. The molecule has 0 spiro atoms. The van der Waals surface area contributed by atoms with E-state index >= 15 is 0 Å². The van der Waals surface area contributed by atoms with Gasteiger partial charge in [-0.3, -0.25) is 4.99 Å². The first-order chi connectivity index (χ1) is 9.11. The van der Waals surface area contributed by atoms with E-state index in [-0.39, 0.29) is 0 Å². The van der Waals surface area contributed by atoms with Crippen molar-refractivity contribution in [2.45, 2.75) is 20.4 Å². The van der Waals surface area contributed by atoms with Gasteiger partial charge < -0.3 is 9.30 Å². The third kappa shape index (κ3) is 3.05. The van der Waals surface area contributed by atoms with E-state index in [1.165, 1.54) is 22.5 Å². The van der Waals surface area contributed by atoms with Gasteiger partial charge in [0.05, 0.1) is 13.7 Å². The summed E-state index contributed by atoms with van der Waals surface area (Å²) in [6.45, 7) is 4.91. The molecule has 0 saturated carbocycles. The lowest BCUT2D eigenvalue weighted by molar-refractivity contribution is 0.414. The van der Waals surface area contributed by atoms with Gasteiger partial charge in [0, 0.05) is 30.2 Å². The number of aryl methyl sites for hydroxylation is 1. The van der Waals surface area contributed by atoms with E-state index in [1.54, 1.807) is 7.11 Å². The second kappa shape index (κ2) is 5.74. The molecule has 0 aliphatic carbocycles. The molecule has 1 heterocycles. The van der Waals surface area contributed by atoms with Crippen LogP contribution in [0, 0.1) is 13.8 Å². The van der Waals surface area contributed by atoms with Crippen molar-refractivity contribution >= 4 is 6.21 Å². The summed E-state index contributed by atoms with van der Waals surface area (Å²) >= 11 is 0. The van der Waals surface area contributed by atoms with Gasteiger partial charge in [-0.15, -0.1) is 0 Å². The largest absolute Gasteiger partial charge is 0.497 e. The predicted octanol–water partition coefficient (Wildman–Crippen LogP) is 3.27. The van der Waals surface area contributed by atoms with Crippen molar-refractivity contribution in [1.29, 1.82) is 0 Å². The summed E-state index contributed by atoms with van der Waals surface area (Å²) in [6, 6.07) is 10.2. The number of aliphatic imine (C=N–C) groups is 1. The highest BCUT2D eigenvalue weighted by atomic mass is 16.5. The van der Waals surface area contributed by atoms with Crippen LogP contribution in [-0.4, -0.2) is 17.9 Å². The van der Waals surface area contributed by atoms with Crippen molar-refractivity contribution in [3.05, 3.63) is 52.8 Å². The van der Waals surface area contributed by atoms with Gasteiger partial charge in [0.2, 0.25) is 0 Å². The first kappa shape index (κ1) is 13.4. The van der Waals surface area contributed by atoms with Crippen LogP contribution in [0.25, 0.3) is 0 Å². The molecule has 0 atom stereocenters. The second-order valence-corrected chi connectivity index (χ2v) is 4.70. The van der Waals surface area contributed by atoms with E-state index in [2.05, 4.69) is 36.5 Å². The van der Waals surface area contributed by atoms with E-state index in [1.807, 2.05) is 30.5 Å². The fourth-order valence-electron chi connectivity index (χ4n) is 2.00. The van der Waals surface area contributed by atoms with E-state index < -0.39 is 0 Å². The molecule has 1 aromatic carbocycles. The minimum Gasteiger partial charge on any atom is -0.497 e. The van der Waals surface area contributed by atoms with Gasteiger partial charge in [-0.2, -0.15) is 0 Å². The molecule has 3 heteroatoms. The molecule has 0 radical (unpaired) electrons. The van der Waals surface area contributed by atoms with Gasteiger partial charge in [0.15, 0.2) is 0 Å². The first-order valence-corrected chi connectivity index (χ1v) is 6.37. The molecule has 1 aromatic heterocycles. The lowest BCUT2D eigenvalue weighted by atomic mass is 10.2. The van der Waals surface area contributed by atoms with Crippen molar-refractivity contribution in [3.63, 3.8) is 0 Å². The third-order valence-corrected chi connectivity index (χ3v) is 3.48. The van der Waals surface area contributed by atoms with E-state index in [9.17, 15) is 0 Å². The molecule has 100 valence electrons. The topological polar surface area (TPSA) is 26.5 Å². The van der Waals surface area contributed by atoms with Crippen LogP contribution >= 0.6 is 0 Å². The summed E-state index contributed by atoms with van der Waals surface area (Å²) in [4.78, 5) is 4.50. The molecule has 0 aliphatic rings. The summed E-state index contributed by atoms with van der Waals surface area (Å²) in [6.07, 6.45) is 1.95. The number of rotatable bonds is 4. The molecule has 3 nitrogen and oxygen atoms in total. The zero-order valence-corrected chi connectivity index (χ0v) is 12.0. The van der Waals surface area contributed by atoms with Crippen LogP contribution in [0.15, 0.2) is 35.3 Å². The first-order valence-electron chi connectivity index (χ1n) is 6.37. The highest BCUT2D eigenvalue weighted by molar-refractivity contribution is 5.81. The molecule has 0 amide bonds. The quantitative estimate of drug-likeness (QED) is 0.771. The Hall–Kier alpha value is -2.03. The molecular formula is C16H20N2O. The molecular weight excluding hydrogens is 236 g/mol. The Kier molecular flexibility index (Phi) is 4.05. The van der Waals surface area contributed by atoms with Crippen LogP contribution in [0.5, 0.6) is 5.75 Å². The Balaban J connectivity index is 2.04. The predicted molar refractivity (Wildman–Crippen MR) is 79.2 cm³/mol. The van der Waals surface area contributed by atoms with Crippen molar-refractivity contribution in [2.75, 3.05) is 7.11 Å². The average Bonchev–Trinajstić information content (AvgIpc) is 2.67. The summed E-state index contributed by atoms with van der Waals surface area (Å²) < 4.78 is 7.31. The highest BCUT2D eigenvalue weighted by Gasteiger charge is 2.02. The Morgan fingerprint density at radius 1 is 1.21 bits per heavy atom. The van der Waals surface area contributed by atoms with Crippen LogP contribution < -0.4 is 4.74 Å². The lowest BCUT2D eigenvalue weighted by Gasteiger charge is -2.01. The van der Waals surface area contributed by atoms with E-state index in [4.69, 9.17) is 4.74 Å². The minimum atomic E-state index is 0.692. The minimum absolute atomic E-state index is 0.692. The van der Waals surface area contributed by atoms with Gasteiger partial charge >= 0.3 is 0 Å². The number of benzene rings is 1. The van der Waals surface area contributed by atoms with Crippen molar-refractivity contribution in [2.24, 2.45) is 12.0 Å². The van der Waals surface area contributed by atoms with Crippen LogP contribution in [0.3, 0.4) is 0 Å². The lowest BCUT2D eigenvalue weighted by Crippen LogP contribution is -1.94. The summed E-state index contributed by atoms with van der Waals surface area (Å²) in [5.74, 6) is 0.877. The fraction of sp³-hybridized carbons (Fsp3) is 0.312. The number of nitrogens with zero attached hydrogens (tertiary/aromatic N) is 2. The molecule has 0 bridgehead atoms. The van der Waals surface area contributed by atoms with Gasteiger partial charge in [-0.1, -0.05) is 12.1 Å². The van der Waals surface area contributed by atoms with Gasteiger partial charge in [0.1, 0.15) is 5.75 Å². The monoisotopic (exact) mass is 256 g/mol. The van der Waals surface area contributed by atoms with Gasteiger partial charge in [-0.05, 0) is 37.6 Å². The van der Waals surface area contributed by atoms with E-state index in [0.29, 0.717) is 6.54 Å². The second-order valence-electron chi connectivity index (χ2n) is 4.70. The summed E-state index contributed by atoms with van der Waals surface area (Å²) in [7, 11) is 3.75. The fourth-order valence-corrected chi connectivity index (χ4v) is 2.00. The number of ether oxygens (including phenoxy) is 1. The van der Waals surface area contributed by atoms with Crippen LogP contribution in [0.4, 0.5) is 0 Å². The van der Waals surface area contributed by atoms with E-state index in [0.717, 1.165) is 5.75 Å². The molecule has 0 aliphatic heterocycles. The molecule has 2 aromatic rings. The Morgan fingerprint density at radius 3 is 2.42 bits per heavy atom. The average molecular weight is 256 g/mol. The number of aromatic nitrogens is 1. The Bertz CT molecular complexity index is 580. The Labute approximate surface area is 114 Å². The van der Waals surface area contributed by atoms with Crippen LogP contribution in [0.2, 0.25) is 0 Å². The normalized spacial score (nSPS) is 11.2. The zero-order valence-electron chi connectivity index (χ0n) is 12.0. The maximum Gasteiger partial charge on any atom is 0.118 e. The molecule has 0 N–H and O–H groups in total. The molecule has 19 heavy (non-hydrogen) atoms. The molecule has 0 fully saturated rings.